The van der Waals surface area contributed by atoms with E-state index in [0.717, 1.165) is 6.26 Å². The van der Waals surface area contributed by atoms with E-state index in [1.165, 1.54) is 36.5 Å². The maximum absolute atomic E-state index is 12.1. The molecule has 1 aromatic heterocycles. The van der Waals surface area contributed by atoms with Gasteiger partial charge in [-0.15, -0.1) is 0 Å². The fraction of sp³-hybridized carbons (Fsp3) is 0.0833. The van der Waals surface area contributed by atoms with Crippen molar-refractivity contribution in [1.29, 1.82) is 0 Å². The predicted molar refractivity (Wildman–Crippen MR) is 74.6 cm³/mol. The molecule has 2 rings (SSSR count). The average molecular weight is 312 g/mol. The van der Waals surface area contributed by atoms with Crippen LogP contribution < -0.4 is 4.72 Å². The average Bonchev–Trinajstić information content (AvgIpc) is 2.38. The summed E-state index contributed by atoms with van der Waals surface area (Å²) < 4.78 is 49.0. The van der Waals surface area contributed by atoms with E-state index in [1.807, 2.05) is 0 Å². The van der Waals surface area contributed by atoms with Crippen molar-refractivity contribution in [2.75, 3.05) is 11.0 Å². The second-order valence-electron chi connectivity index (χ2n) is 4.06. The summed E-state index contributed by atoms with van der Waals surface area (Å²) in [5.74, 6) is 0.194. The zero-order valence-electron chi connectivity index (χ0n) is 10.5. The van der Waals surface area contributed by atoms with Gasteiger partial charge in [0.1, 0.15) is 5.82 Å². The summed E-state index contributed by atoms with van der Waals surface area (Å²) in [6, 6.07) is 9.81. The lowest BCUT2D eigenvalue weighted by atomic mass is 10.4. The molecule has 0 aliphatic heterocycles. The van der Waals surface area contributed by atoms with Crippen molar-refractivity contribution in [3.05, 3.63) is 48.7 Å². The van der Waals surface area contributed by atoms with E-state index < -0.39 is 19.9 Å². The van der Waals surface area contributed by atoms with Gasteiger partial charge in [0, 0.05) is 12.5 Å². The highest BCUT2D eigenvalue weighted by molar-refractivity contribution is 7.92. The Bertz CT molecular complexity index is 798. The maximum Gasteiger partial charge on any atom is 0.263 e. The lowest BCUT2D eigenvalue weighted by Crippen LogP contribution is -2.13. The molecule has 1 N–H and O–H groups in total. The molecular weight excluding hydrogens is 300 g/mol. The van der Waals surface area contributed by atoms with Gasteiger partial charge in [-0.1, -0.05) is 6.07 Å². The van der Waals surface area contributed by atoms with Crippen molar-refractivity contribution in [2.24, 2.45) is 0 Å². The molecule has 0 aliphatic rings. The second kappa shape index (κ2) is 5.22. The van der Waals surface area contributed by atoms with E-state index in [4.69, 9.17) is 0 Å². The first kappa shape index (κ1) is 14.5. The molecule has 0 amide bonds. The summed E-state index contributed by atoms with van der Waals surface area (Å²) in [5, 5.41) is 0. The zero-order chi connectivity index (χ0) is 14.8. The molecule has 0 fully saturated rings. The molecular formula is C12H12N2O4S2. The fourth-order valence-electron chi connectivity index (χ4n) is 1.49. The summed E-state index contributed by atoms with van der Waals surface area (Å²) >= 11 is 0. The molecule has 0 aliphatic carbocycles. The number of hydrogen-bond donors (Lipinski definition) is 1. The standard InChI is InChI=1S/C12H12N2O4S2/c1-19(15,16)10-5-7-11(8-6-10)20(17,18)14-12-4-2-3-9-13-12/h2-9H,1H3,(H,13,14). The van der Waals surface area contributed by atoms with E-state index in [2.05, 4.69) is 9.71 Å². The molecule has 8 heteroatoms. The minimum absolute atomic E-state index is 0.0319. The van der Waals surface area contributed by atoms with Crippen LogP contribution in [0.15, 0.2) is 58.5 Å². The van der Waals surface area contributed by atoms with Gasteiger partial charge in [0.15, 0.2) is 9.84 Å². The molecule has 0 saturated carbocycles. The maximum atomic E-state index is 12.1. The molecule has 6 nitrogen and oxygen atoms in total. The van der Waals surface area contributed by atoms with Gasteiger partial charge >= 0.3 is 0 Å². The fourth-order valence-corrected chi connectivity index (χ4v) is 3.12. The predicted octanol–water partition coefficient (Wildman–Crippen LogP) is 1.29. The van der Waals surface area contributed by atoms with Gasteiger partial charge in [-0.3, -0.25) is 4.72 Å². The minimum atomic E-state index is -3.78. The third-order valence-corrected chi connectivity index (χ3v) is 4.97. The molecule has 0 spiro atoms. The lowest BCUT2D eigenvalue weighted by Gasteiger charge is -2.07. The first-order valence-electron chi connectivity index (χ1n) is 5.53. The number of nitrogens with zero attached hydrogens (tertiary/aromatic N) is 1. The quantitative estimate of drug-likeness (QED) is 0.918. The first-order valence-corrected chi connectivity index (χ1v) is 8.90. The highest BCUT2D eigenvalue weighted by atomic mass is 32.2. The van der Waals surface area contributed by atoms with Gasteiger partial charge in [0.2, 0.25) is 0 Å². The van der Waals surface area contributed by atoms with Gasteiger partial charge in [0.25, 0.3) is 10.0 Å². The molecule has 1 aromatic carbocycles. The highest BCUT2D eigenvalue weighted by Gasteiger charge is 2.16. The van der Waals surface area contributed by atoms with Crippen LogP contribution in [0.5, 0.6) is 0 Å². The summed E-state index contributed by atoms with van der Waals surface area (Å²) in [7, 11) is -7.13. The van der Waals surface area contributed by atoms with Crippen LogP contribution in [-0.2, 0) is 19.9 Å². The molecule has 0 saturated heterocycles. The van der Waals surface area contributed by atoms with Crippen LogP contribution in [0.3, 0.4) is 0 Å². The Labute approximate surface area is 117 Å². The van der Waals surface area contributed by atoms with Crippen LogP contribution in [-0.4, -0.2) is 28.1 Å². The van der Waals surface area contributed by atoms with Crippen LogP contribution in [0.4, 0.5) is 5.82 Å². The number of anilines is 1. The number of aromatic nitrogens is 1. The van der Waals surface area contributed by atoms with Crippen molar-refractivity contribution >= 4 is 25.7 Å². The van der Waals surface area contributed by atoms with Crippen LogP contribution in [0.1, 0.15) is 0 Å². The summed E-state index contributed by atoms with van der Waals surface area (Å²) in [6.45, 7) is 0. The number of benzene rings is 1. The molecule has 20 heavy (non-hydrogen) atoms. The van der Waals surface area contributed by atoms with Crippen molar-refractivity contribution in [1.82, 2.24) is 4.98 Å². The van der Waals surface area contributed by atoms with Gasteiger partial charge in [-0.25, -0.2) is 21.8 Å². The summed E-state index contributed by atoms with van der Waals surface area (Å²) in [4.78, 5) is 3.89. The Kier molecular flexibility index (Phi) is 3.78. The van der Waals surface area contributed by atoms with Crippen molar-refractivity contribution < 1.29 is 16.8 Å². The van der Waals surface area contributed by atoms with E-state index in [1.54, 1.807) is 12.1 Å². The molecule has 0 bridgehead atoms. The monoisotopic (exact) mass is 312 g/mol. The zero-order valence-corrected chi connectivity index (χ0v) is 12.1. The second-order valence-corrected chi connectivity index (χ2v) is 7.76. The van der Waals surface area contributed by atoms with Crippen LogP contribution in [0.2, 0.25) is 0 Å². The normalized spacial score (nSPS) is 12.1. The number of hydrogen-bond acceptors (Lipinski definition) is 5. The smallest absolute Gasteiger partial charge is 0.263 e. The lowest BCUT2D eigenvalue weighted by molar-refractivity contribution is 0.597. The molecule has 0 atom stereocenters. The Morgan fingerprint density at radius 2 is 1.50 bits per heavy atom. The molecule has 2 aromatic rings. The number of pyridine rings is 1. The first-order chi connectivity index (χ1) is 9.29. The Morgan fingerprint density at radius 3 is 2.00 bits per heavy atom. The SMILES string of the molecule is CS(=O)(=O)c1ccc(S(=O)(=O)Nc2ccccn2)cc1. The van der Waals surface area contributed by atoms with Gasteiger partial charge in [-0.2, -0.15) is 0 Å². The van der Waals surface area contributed by atoms with Crippen LogP contribution in [0.25, 0.3) is 0 Å². The van der Waals surface area contributed by atoms with E-state index in [0.29, 0.717) is 0 Å². The third kappa shape index (κ3) is 3.34. The van der Waals surface area contributed by atoms with Crippen LogP contribution >= 0.6 is 0 Å². The highest BCUT2D eigenvalue weighted by Crippen LogP contribution is 2.16. The van der Waals surface area contributed by atoms with Crippen molar-refractivity contribution in [3.8, 4) is 0 Å². The number of sulfone groups is 1. The van der Waals surface area contributed by atoms with Gasteiger partial charge < -0.3 is 0 Å². The number of sulfonamides is 1. The summed E-state index contributed by atoms with van der Waals surface area (Å²) in [5.41, 5.74) is 0. The third-order valence-electron chi connectivity index (χ3n) is 2.47. The topological polar surface area (TPSA) is 93.2 Å². The Hall–Kier alpha value is -1.93. The largest absolute Gasteiger partial charge is 0.263 e. The van der Waals surface area contributed by atoms with Gasteiger partial charge in [-0.05, 0) is 36.4 Å². The molecule has 0 unspecified atom stereocenters. The minimum Gasteiger partial charge on any atom is -0.263 e. The van der Waals surface area contributed by atoms with E-state index in [9.17, 15) is 16.8 Å². The molecule has 1 heterocycles. The molecule has 106 valence electrons. The van der Waals surface area contributed by atoms with Crippen molar-refractivity contribution in [2.45, 2.75) is 9.79 Å². The van der Waals surface area contributed by atoms with E-state index >= 15 is 0 Å². The molecule has 0 radical (unpaired) electrons. The number of rotatable bonds is 4. The van der Waals surface area contributed by atoms with Gasteiger partial charge in [0.05, 0.1) is 9.79 Å². The summed E-state index contributed by atoms with van der Waals surface area (Å²) in [6.07, 6.45) is 2.52. The Morgan fingerprint density at radius 1 is 0.900 bits per heavy atom. The Balaban J connectivity index is 2.31. The number of nitrogens with one attached hydrogen (secondary N) is 1. The van der Waals surface area contributed by atoms with E-state index in [-0.39, 0.29) is 15.6 Å². The van der Waals surface area contributed by atoms with Crippen molar-refractivity contribution in [3.63, 3.8) is 0 Å². The van der Waals surface area contributed by atoms with Crippen LogP contribution in [0, 0.1) is 0 Å².